The van der Waals surface area contributed by atoms with Crippen molar-refractivity contribution in [3.8, 4) is 17.2 Å². The van der Waals surface area contributed by atoms with Gasteiger partial charge in [0.2, 0.25) is 6.79 Å². The molecule has 0 saturated carbocycles. The van der Waals surface area contributed by atoms with E-state index in [1.165, 1.54) is 0 Å². The van der Waals surface area contributed by atoms with Crippen LogP contribution in [0.15, 0.2) is 24.3 Å². The van der Waals surface area contributed by atoms with Gasteiger partial charge in [-0.15, -0.1) is 0 Å². The van der Waals surface area contributed by atoms with Crippen LogP contribution in [0.25, 0.3) is 21.8 Å². The third-order valence-electron chi connectivity index (χ3n) is 3.39. The van der Waals surface area contributed by atoms with Gasteiger partial charge in [-0.2, -0.15) is 0 Å². The van der Waals surface area contributed by atoms with Crippen LogP contribution in [0.3, 0.4) is 0 Å². The molecule has 1 N–H and O–H groups in total. The molecule has 0 atom stereocenters. The lowest BCUT2D eigenvalue weighted by atomic mass is 10.1. The van der Waals surface area contributed by atoms with E-state index in [9.17, 15) is 0 Å². The third-order valence-corrected chi connectivity index (χ3v) is 3.69. The van der Waals surface area contributed by atoms with Gasteiger partial charge in [0.25, 0.3) is 0 Å². The second-order valence-electron chi connectivity index (χ2n) is 4.35. The Morgan fingerprint density at radius 3 is 2.74 bits per heavy atom. The number of ether oxygens (including phenoxy) is 3. The van der Waals surface area contributed by atoms with Crippen LogP contribution < -0.4 is 14.2 Å². The second kappa shape index (κ2) is 3.71. The van der Waals surface area contributed by atoms with Crippen molar-refractivity contribution in [2.24, 2.45) is 0 Å². The van der Waals surface area contributed by atoms with Crippen LogP contribution in [0, 0.1) is 0 Å². The van der Waals surface area contributed by atoms with Gasteiger partial charge in [0.1, 0.15) is 0 Å². The summed E-state index contributed by atoms with van der Waals surface area (Å²) in [6, 6.07) is 7.73. The van der Waals surface area contributed by atoms with Crippen LogP contribution in [0.4, 0.5) is 0 Å². The zero-order chi connectivity index (χ0) is 13.0. The minimum Gasteiger partial charge on any atom is -0.493 e. The van der Waals surface area contributed by atoms with Gasteiger partial charge < -0.3 is 19.2 Å². The molecule has 0 bridgehead atoms. The molecule has 0 aliphatic carbocycles. The molecule has 1 aliphatic rings. The standard InChI is InChI=1S/C14H10ClNO3/c1-17-13-9(15)4-2-7-8-3-5-10-14(19-6-18-10)12(8)16-11(7)13/h2-5,16H,6H2,1H3. The quantitative estimate of drug-likeness (QED) is 0.736. The van der Waals surface area contributed by atoms with Crippen LogP contribution in [-0.4, -0.2) is 18.9 Å². The van der Waals surface area contributed by atoms with E-state index in [1.54, 1.807) is 7.11 Å². The zero-order valence-electron chi connectivity index (χ0n) is 10.1. The van der Waals surface area contributed by atoms with Gasteiger partial charge in [0.05, 0.1) is 23.2 Å². The zero-order valence-corrected chi connectivity index (χ0v) is 10.9. The summed E-state index contributed by atoms with van der Waals surface area (Å²) in [5, 5.41) is 2.69. The Labute approximate surface area is 113 Å². The predicted molar refractivity (Wildman–Crippen MR) is 73.5 cm³/mol. The smallest absolute Gasteiger partial charge is 0.231 e. The number of aromatic nitrogens is 1. The molecule has 0 amide bonds. The molecule has 1 aromatic heterocycles. The van der Waals surface area contributed by atoms with E-state index in [2.05, 4.69) is 4.98 Å². The minimum atomic E-state index is 0.252. The van der Waals surface area contributed by atoms with Gasteiger partial charge in [-0.1, -0.05) is 17.7 Å². The number of hydrogen-bond donors (Lipinski definition) is 1. The van der Waals surface area contributed by atoms with Crippen molar-refractivity contribution in [2.45, 2.75) is 0 Å². The lowest BCUT2D eigenvalue weighted by Crippen LogP contribution is -1.93. The average Bonchev–Trinajstić information content (AvgIpc) is 3.01. The predicted octanol–water partition coefficient (Wildman–Crippen LogP) is 3.71. The maximum atomic E-state index is 6.15. The fourth-order valence-electron chi connectivity index (χ4n) is 2.55. The number of aromatic amines is 1. The minimum absolute atomic E-state index is 0.252. The Hall–Kier alpha value is -2.07. The SMILES string of the molecule is COc1c(Cl)ccc2c1[nH]c1c3c(ccc12)OCO3. The lowest BCUT2D eigenvalue weighted by molar-refractivity contribution is 0.174. The highest BCUT2D eigenvalue weighted by molar-refractivity contribution is 6.33. The molecule has 1 aliphatic heterocycles. The molecule has 5 heteroatoms. The maximum Gasteiger partial charge on any atom is 0.231 e. The molecule has 0 spiro atoms. The van der Waals surface area contributed by atoms with Gasteiger partial charge in [0, 0.05) is 10.8 Å². The summed E-state index contributed by atoms with van der Waals surface area (Å²) in [5.74, 6) is 2.14. The van der Waals surface area contributed by atoms with Gasteiger partial charge >= 0.3 is 0 Å². The molecule has 19 heavy (non-hydrogen) atoms. The first-order chi connectivity index (χ1) is 9.29. The van der Waals surface area contributed by atoms with Gasteiger partial charge in [-0.3, -0.25) is 0 Å². The molecule has 2 aromatic carbocycles. The molecule has 0 fully saturated rings. The van der Waals surface area contributed by atoms with Crippen molar-refractivity contribution in [1.82, 2.24) is 4.98 Å². The van der Waals surface area contributed by atoms with Crippen molar-refractivity contribution in [3.63, 3.8) is 0 Å². The number of hydrogen-bond acceptors (Lipinski definition) is 3. The number of benzene rings is 2. The summed E-state index contributed by atoms with van der Waals surface area (Å²) in [7, 11) is 1.61. The molecule has 96 valence electrons. The van der Waals surface area contributed by atoms with E-state index in [0.717, 1.165) is 33.3 Å². The summed E-state index contributed by atoms with van der Waals surface area (Å²) in [5.41, 5.74) is 1.78. The Morgan fingerprint density at radius 1 is 1.11 bits per heavy atom. The van der Waals surface area contributed by atoms with Gasteiger partial charge in [-0.05, 0) is 18.2 Å². The highest BCUT2D eigenvalue weighted by atomic mass is 35.5. The summed E-state index contributed by atoms with van der Waals surface area (Å²) in [6.07, 6.45) is 0. The van der Waals surface area contributed by atoms with Crippen molar-refractivity contribution in [1.29, 1.82) is 0 Å². The molecule has 3 aromatic rings. The fourth-order valence-corrected chi connectivity index (χ4v) is 2.79. The highest BCUT2D eigenvalue weighted by Gasteiger charge is 2.21. The van der Waals surface area contributed by atoms with Crippen molar-refractivity contribution in [2.75, 3.05) is 13.9 Å². The third kappa shape index (κ3) is 1.35. The highest BCUT2D eigenvalue weighted by Crippen LogP contribution is 2.44. The number of H-pyrrole nitrogens is 1. The van der Waals surface area contributed by atoms with Crippen LogP contribution in [0.1, 0.15) is 0 Å². The average molecular weight is 276 g/mol. The Balaban J connectivity index is 2.18. The van der Waals surface area contributed by atoms with E-state index < -0.39 is 0 Å². The van der Waals surface area contributed by atoms with Crippen LogP contribution in [-0.2, 0) is 0 Å². The summed E-state index contributed by atoms with van der Waals surface area (Å²) in [4.78, 5) is 3.32. The normalized spacial score (nSPS) is 13.4. The molecule has 0 saturated heterocycles. The maximum absolute atomic E-state index is 6.15. The number of nitrogens with one attached hydrogen (secondary N) is 1. The second-order valence-corrected chi connectivity index (χ2v) is 4.76. The van der Waals surface area contributed by atoms with Crippen LogP contribution in [0.5, 0.6) is 17.2 Å². The molecule has 0 radical (unpaired) electrons. The van der Waals surface area contributed by atoms with Crippen LogP contribution in [0.2, 0.25) is 5.02 Å². The van der Waals surface area contributed by atoms with E-state index in [4.69, 9.17) is 25.8 Å². The number of rotatable bonds is 1. The van der Waals surface area contributed by atoms with Crippen molar-refractivity contribution < 1.29 is 14.2 Å². The number of halogens is 1. The lowest BCUT2D eigenvalue weighted by Gasteiger charge is -2.03. The molecule has 2 heterocycles. The summed E-state index contributed by atoms with van der Waals surface area (Å²) < 4.78 is 16.3. The first-order valence-corrected chi connectivity index (χ1v) is 6.24. The fraction of sp³-hybridized carbons (Fsp3) is 0.143. The van der Waals surface area contributed by atoms with Gasteiger partial charge in [-0.25, -0.2) is 0 Å². The van der Waals surface area contributed by atoms with E-state index in [-0.39, 0.29) is 6.79 Å². The molecular formula is C14H10ClNO3. The van der Waals surface area contributed by atoms with Gasteiger partial charge in [0.15, 0.2) is 17.2 Å². The Morgan fingerprint density at radius 2 is 1.89 bits per heavy atom. The molecule has 4 rings (SSSR count). The molecular weight excluding hydrogens is 266 g/mol. The van der Waals surface area contributed by atoms with E-state index in [1.807, 2.05) is 24.3 Å². The number of methoxy groups -OCH3 is 1. The Bertz CT molecular complexity index is 789. The van der Waals surface area contributed by atoms with Crippen molar-refractivity contribution in [3.05, 3.63) is 29.3 Å². The summed E-state index contributed by atoms with van der Waals surface area (Å²) in [6.45, 7) is 0.252. The topological polar surface area (TPSA) is 43.5 Å². The van der Waals surface area contributed by atoms with Crippen molar-refractivity contribution >= 4 is 33.4 Å². The molecule has 0 unspecified atom stereocenters. The number of fused-ring (bicyclic) bond motifs is 5. The first-order valence-electron chi connectivity index (χ1n) is 5.86. The largest absolute Gasteiger partial charge is 0.493 e. The summed E-state index contributed by atoms with van der Waals surface area (Å²) >= 11 is 6.15. The first kappa shape index (κ1) is 10.8. The Kier molecular flexibility index (Phi) is 2.11. The van der Waals surface area contributed by atoms with Crippen LogP contribution >= 0.6 is 11.6 Å². The van der Waals surface area contributed by atoms with E-state index >= 15 is 0 Å². The van der Waals surface area contributed by atoms with E-state index in [0.29, 0.717) is 10.8 Å². The monoisotopic (exact) mass is 275 g/mol. The molecule has 4 nitrogen and oxygen atoms in total.